The molecule has 6 heteroatoms. The second-order valence-corrected chi connectivity index (χ2v) is 7.52. The molecular weight excluding hydrogens is 346 g/mol. The second-order valence-electron chi connectivity index (χ2n) is 6.91. The molecule has 2 aliphatic heterocycles. The van der Waals surface area contributed by atoms with Gasteiger partial charge in [-0.3, -0.25) is 4.79 Å². The Labute approximate surface area is 155 Å². The minimum Gasteiger partial charge on any atom is -0.492 e. The van der Waals surface area contributed by atoms with E-state index in [-0.39, 0.29) is 11.3 Å². The topological polar surface area (TPSA) is 55.3 Å². The van der Waals surface area contributed by atoms with Crippen molar-refractivity contribution in [2.24, 2.45) is 0 Å². The molecule has 0 saturated carbocycles. The molecule has 0 aliphatic carbocycles. The molecular formula is C20H17N3O2S. The van der Waals surface area contributed by atoms with Crippen molar-refractivity contribution >= 4 is 17.4 Å². The smallest absolute Gasteiger partial charge is 0.275 e. The fourth-order valence-corrected chi connectivity index (χ4v) is 4.41. The minimum absolute atomic E-state index is 0.0386. The Morgan fingerprint density at radius 2 is 2.04 bits per heavy atom. The zero-order chi connectivity index (χ0) is 17.6. The van der Waals surface area contributed by atoms with E-state index in [0.29, 0.717) is 25.4 Å². The second kappa shape index (κ2) is 5.92. The van der Waals surface area contributed by atoms with Crippen molar-refractivity contribution in [2.75, 3.05) is 19.7 Å². The van der Waals surface area contributed by atoms with Crippen LogP contribution in [0.15, 0.2) is 53.9 Å². The predicted molar refractivity (Wildman–Crippen MR) is 99.5 cm³/mol. The third-order valence-corrected chi connectivity index (χ3v) is 5.89. The van der Waals surface area contributed by atoms with Gasteiger partial charge in [-0.2, -0.15) is 0 Å². The standard InChI is InChI=1S/C20H17N3O2S/c24-19(17-11-26-22-21-17)23-9-8-20(12-23)13-25-18-7-6-15(10-16(18)20)14-4-2-1-3-5-14/h1-7,10-11H,8-9,12-13H2. The number of carbonyl (C=O) groups is 1. The monoisotopic (exact) mass is 363 g/mol. The maximum absolute atomic E-state index is 12.6. The van der Waals surface area contributed by atoms with Crippen LogP contribution in [0.2, 0.25) is 0 Å². The molecule has 1 spiro atoms. The number of nitrogens with zero attached hydrogens (tertiary/aromatic N) is 3. The van der Waals surface area contributed by atoms with Gasteiger partial charge in [-0.15, -0.1) is 5.10 Å². The first-order chi connectivity index (χ1) is 12.8. The number of benzene rings is 2. The van der Waals surface area contributed by atoms with Gasteiger partial charge in [-0.05, 0) is 41.2 Å². The largest absolute Gasteiger partial charge is 0.492 e. The summed E-state index contributed by atoms with van der Waals surface area (Å²) in [6, 6.07) is 16.7. The molecule has 26 heavy (non-hydrogen) atoms. The van der Waals surface area contributed by atoms with Crippen LogP contribution >= 0.6 is 11.5 Å². The van der Waals surface area contributed by atoms with Crippen molar-refractivity contribution in [3.63, 3.8) is 0 Å². The molecule has 1 saturated heterocycles. The minimum atomic E-state index is -0.126. The van der Waals surface area contributed by atoms with Crippen molar-refractivity contribution in [1.82, 2.24) is 14.5 Å². The van der Waals surface area contributed by atoms with Gasteiger partial charge in [-0.1, -0.05) is 40.9 Å². The lowest BCUT2D eigenvalue weighted by Gasteiger charge is -2.23. The quantitative estimate of drug-likeness (QED) is 0.700. The van der Waals surface area contributed by atoms with Crippen LogP contribution in [0.4, 0.5) is 0 Å². The van der Waals surface area contributed by atoms with Crippen LogP contribution in [0.3, 0.4) is 0 Å². The van der Waals surface area contributed by atoms with Gasteiger partial charge < -0.3 is 9.64 Å². The summed E-state index contributed by atoms with van der Waals surface area (Å²) in [4.78, 5) is 14.5. The van der Waals surface area contributed by atoms with Gasteiger partial charge in [0, 0.05) is 24.0 Å². The van der Waals surface area contributed by atoms with E-state index in [9.17, 15) is 4.79 Å². The molecule has 2 aromatic carbocycles. The summed E-state index contributed by atoms with van der Waals surface area (Å²) in [6.07, 6.45) is 0.904. The molecule has 3 heterocycles. The van der Waals surface area contributed by atoms with E-state index < -0.39 is 0 Å². The number of carbonyl (C=O) groups excluding carboxylic acids is 1. The van der Waals surface area contributed by atoms with Crippen LogP contribution < -0.4 is 4.74 Å². The molecule has 1 atom stereocenters. The first-order valence-electron chi connectivity index (χ1n) is 8.64. The molecule has 1 fully saturated rings. The highest BCUT2D eigenvalue weighted by atomic mass is 32.1. The average Bonchev–Trinajstić information content (AvgIpc) is 3.43. The Hall–Kier alpha value is -2.73. The highest BCUT2D eigenvalue weighted by Gasteiger charge is 2.47. The highest BCUT2D eigenvalue weighted by molar-refractivity contribution is 7.03. The van der Waals surface area contributed by atoms with Crippen molar-refractivity contribution in [3.05, 3.63) is 65.2 Å². The molecule has 130 valence electrons. The van der Waals surface area contributed by atoms with Crippen LogP contribution in [0, 0.1) is 0 Å². The molecule has 1 unspecified atom stereocenters. The number of hydrogen-bond acceptors (Lipinski definition) is 5. The normalized spacial score (nSPS) is 21.0. The van der Waals surface area contributed by atoms with Gasteiger partial charge in [0.25, 0.3) is 5.91 Å². The molecule has 1 aromatic heterocycles. The van der Waals surface area contributed by atoms with Gasteiger partial charge in [0.15, 0.2) is 5.69 Å². The average molecular weight is 363 g/mol. The summed E-state index contributed by atoms with van der Waals surface area (Å²) >= 11 is 1.21. The van der Waals surface area contributed by atoms with E-state index in [4.69, 9.17) is 4.74 Å². The molecule has 0 N–H and O–H groups in total. The molecule has 1 amide bonds. The first kappa shape index (κ1) is 15.5. The Bertz CT molecular complexity index is 958. The van der Waals surface area contributed by atoms with Gasteiger partial charge in [0.1, 0.15) is 5.75 Å². The molecule has 0 bridgehead atoms. The van der Waals surface area contributed by atoms with Gasteiger partial charge in [0.05, 0.1) is 12.0 Å². The van der Waals surface area contributed by atoms with E-state index in [1.807, 2.05) is 23.1 Å². The Morgan fingerprint density at radius 3 is 2.85 bits per heavy atom. The maximum Gasteiger partial charge on any atom is 0.275 e. The zero-order valence-electron chi connectivity index (χ0n) is 14.1. The summed E-state index contributed by atoms with van der Waals surface area (Å²) < 4.78 is 9.79. The van der Waals surface area contributed by atoms with Crippen LogP contribution in [0.5, 0.6) is 5.75 Å². The zero-order valence-corrected chi connectivity index (χ0v) is 14.9. The van der Waals surface area contributed by atoms with Crippen LogP contribution in [-0.4, -0.2) is 40.1 Å². The van der Waals surface area contributed by atoms with Gasteiger partial charge >= 0.3 is 0 Å². The van der Waals surface area contributed by atoms with Crippen LogP contribution in [0.1, 0.15) is 22.5 Å². The van der Waals surface area contributed by atoms with E-state index in [2.05, 4.69) is 39.9 Å². The number of ether oxygens (including phenoxy) is 1. The van der Waals surface area contributed by atoms with E-state index in [1.54, 1.807) is 5.38 Å². The lowest BCUT2D eigenvalue weighted by Crippen LogP contribution is -2.35. The molecule has 5 nitrogen and oxygen atoms in total. The van der Waals surface area contributed by atoms with Gasteiger partial charge in [0.2, 0.25) is 0 Å². The van der Waals surface area contributed by atoms with E-state index in [0.717, 1.165) is 12.2 Å². The predicted octanol–water partition coefficient (Wildman–Crippen LogP) is 3.38. The number of likely N-dealkylation sites (tertiary alicyclic amines) is 1. The number of fused-ring (bicyclic) bond motifs is 2. The third kappa shape index (κ3) is 2.41. The van der Waals surface area contributed by atoms with Crippen molar-refractivity contribution < 1.29 is 9.53 Å². The van der Waals surface area contributed by atoms with Crippen LogP contribution in [-0.2, 0) is 5.41 Å². The Morgan fingerprint density at radius 1 is 1.15 bits per heavy atom. The molecule has 2 aliphatic rings. The number of amides is 1. The summed E-state index contributed by atoms with van der Waals surface area (Å²) in [5.74, 6) is 0.901. The molecule has 3 aromatic rings. The fourth-order valence-electron chi connectivity index (χ4n) is 3.98. The molecule has 5 rings (SSSR count). The van der Waals surface area contributed by atoms with Crippen molar-refractivity contribution in [3.8, 4) is 16.9 Å². The number of rotatable bonds is 2. The third-order valence-electron chi connectivity index (χ3n) is 5.38. The summed E-state index contributed by atoms with van der Waals surface area (Å²) in [7, 11) is 0. The van der Waals surface area contributed by atoms with Crippen LogP contribution in [0.25, 0.3) is 11.1 Å². The van der Waals surface area contributed by atoms with E-state index in [1.165, 1.54) is 28.2 Å². The van der Waals surface area contributed by atoms with E-state index >= 15 is 0 Å². The SMILES string of the molecule is O=C(c1csnn1)N1CCC2(COc3ccc(-c4ccccc4)cc32)C1. The highest BCUT2D eigenvalue weighted by Crippen LogP contribution is 2.46. The number of aromatic nitrogens is 2. The lowest BCUT2D eigenvalue weighted by molar-refractivity contribution is 0.0775. The summed E-state index contributed by atoms with van der Waals surface area (Å²) in [6.45, 7) is 2.00. The first-order valence-corrected chi connectivity index (χ1v) is 9.48. The summed E-state index contributed by atoms with van der Waals surface area (Å²) in [5, 5.41) is 5.63. The maximum atomic E-state index is 12.6. The lowest BCUT2D eigenvalue weighted by atomic mass is 9.80. The summed E-state index contributed by atoms with van der Waals surface area (Å²) in [5.41, 5.74) is 3.90. The van der Waals surface area contributed by atoms with Crippen molar-refractivity contribution in [2.45, 2.75) is 11.8 Å². The fraction of sp³-hybridized carbons (Fsp3) is 0.250. The molecule has 0 radical (unpaired) electrons. The Balaban J connectivity index is 1.47. The Kier molecular flexibility index (Phi) is 3.53. The van der Waals surface area contributed by atoms with Crippen molar-refractivity contribution in [1.29, 1.82) is 0 Å². The van der Waals surface area contributed by atoms with Gasteiger partial charge in [-0.25, -0.2) is 0 Å². The number of hydrogen-bond donors (Lipinski definition) is 0.